The van der Waals surface area contributed by atoms with E-state index >= 15 is 0 Å². The third-order valence-corrected chi connectivity index (χ3v) is 3.69. The molecule has 2 aromatic carbocycles. The molecule has 2 N–H and O–H groups in total. The van der Waals surface area contributed by atoms with Crippen molar-refractivity contribution in [2.24, 2.45) is 0 Å². The average Bonchev–Trinajstić information content (AvgIpc) is 2.54. The number of nitriles is 1. The molecule has 0 aliphatic carbocycles. The number of carbonyl (C=O) groups is 2. The van der Waals surface area contributed by atoms with Crippen LogP contribution in [0.3, 0.4) is 0 Å². The van der Waals surface area contributed by atoms with Gasteiger partial charge in [-0.3, -0.25) is 4.79 Å². The summed E-state index contributed by atoms with van der Waals surface area (Å²) < 4.78 is 1.11. The number of carbonyl (C=O) groups excluding carboxylic acids is 2. The first-order valence-corrected chi connectivity index (χ1v) is 7.56. The number of hydrogen-bond donors (Lipinski definition) is 3. The lowest BCUT2D eigenvalue weighted by Gasteiger charge is -2.17. The third kappa shape index (κ3) is 4.41. The Morgan fingerprint density at radius 3 is 2.29 bits per heavy atom. The van der Waals surface area contributed by atoms with Crippen molar-refractivity contribution in [3.63, 3.8) is 0 Å². The van der Waals surface area contributed by atoms with Gasteiger partial charge in [-0.2, -0.15) is 5.26 Å². The first-order chi connectivity index (χ1) is 11.4. The van der Waals surface area contributed by atoms with E-state index in [-0.39, 0.29) is 10.9 Å². The molecule has 0 radical (unpaired) electrons. The lowest BCUT2D eigenvalue weighted by molar-refractivity contribution is -0.114. The highest BCUT2D eigenvalue weighted by molar-refractivity contribution is 7.82. The second kappa shape index (κ2) is 7.73. The summed E-state index contributed by atoms with van der Waals surface area (Å²) in [7, 11) is 0. The van der Waals surface area contributed by atoms with Crippen molar-refractivity contribution in [1.82, 2.24) is 0 Å². The Morgan fingerprint density at radius 1 is 1.12 bits per heavy atom. The zero-order valence-electron chi connectivity index (χ0n) is 12.6. The molecule has 0 bridgehead atoms. The minimum atomic E-state index is -0.494. The van der Waals surface area contributed by atoms with Gasteiger partial charge in [0.1, 0.15) is 6.07 Å². The molecule has 6 nitrogen and oxygen atoms in total. The third-order valence-electron chi connectivity index (χ3n) is 2.97. The van der Waals surface area contributed by atoms with Crippen molar-refractivity contribution in [2.45, 2.75) is 6.92 Å². The molecular formula is C16H13ClN4O2S. The maximum atomic E-state index is 12.2. The van der Waals surface area contributed by atoms with Crippen LogP contribution in [-0.4, -0.2) is 11.9 Å². The fourth-order valence-corrected chi connectivity index (χ4v) is 2.27. The number of nitrogens with zero attached hydrogens (tertiary/aromatic N) is 2. The molecule has 0 aliphatic heterocycles. The van der Waals surface area contributed by atoms with E-state index in [2.05, 4.69) is 23.4 Å². The lowest BCUT2D eigenvalue weighted by Crippen LogP contribution is -2.26. The second-order valence-corrected chi connectivity index (χ2v) is 5.58. The normalized spacial score (nSPS) is 9.75. The van der Waals surface area contributed by atoms with Gasteiger partial charge in [-0.1, -0.05) is 24.4 Å². The van der Waals surface area contributed by atoms with E-state index in [1.165, 1.54) is 19.1 Å². The molecule has 0 aliphatic rings. The number of thiol groups is 1. The van der Waals surface area contributed by atoms with Gasteiger partial charge in [-0.25, -0.2) is 9.10 Å². The zero-order chi connectivity index (χ0) is 17.7. The highest BCUT2D eigenvalue weighted by atomic mass is 35.5. The van der Waals surface area contributed by atoms with Crippen LogP contribution in [0.15, 0.2) is 42.5 Å². The number of urea groups is 1. The number of nitrogens with one attached hydrogen (secondary N) is 2. The highest BCUT2D eigenvalue weighted by Gasteiger charge is 2.13. The Morgan fingerprint density at radius 2 is 1.75 bits per heavy atom. The minimum absolute atomic E-state index is 0.180. The summed E-state index contributed by atoms with van der Waals surface area (Å²) in [4.78, 5) is 23.2. The molecule has 0 saturated heterocycles. The Labute approximate surface area is 149 Å². The van der Waals surface area contributed by atoms with Crippen LogP contribution >= 0.6 is 24.4 Å². The van der Waals surface area contributed by atoms with Crippen LogP contribution in [0, 0.1) is 11.3 Å². The summed E-state index contributed by atoms with van der Waals surface area (Å²) in [6.07, 6.45) is 0. The van der Waals surface area contributed by atoms with Crippen LogP contribution in [0.5, 0.6) is 0 Å². The van der Waals surface area contributed by atoms with Crippen LogP contribution in [0.2, 0.25) is 5.02 Å². The molecule has 2 aromatic rings. The van der Waals surface area contributed by atoms with E-state index in [9.17, 15) is 9.59 Å². The van der Waals surface area contributed by atoms with Gasteiger partial charge in [0.2, 0.25) is 5.91 Å². The Bertz CT molecular complexity index is 818. The van der Waals surface area contributed by atoms with E-state index in [1.54, 1.807) is 30.3 Å². The molecule has 0 spiro atoms. The van der Waals surface area contributed by atoms with Gasteiger partial charge in [-0.15, -0.1) is 0 Å². The monoisotopic (exact) mass is 360 g/mol. The molecule has 8 heteroatoms. The molecule has 0 heterocycles. The number of amides is 3. The summed E-state index contributed by atoms with van der Waals surface area (Å²) >= 11 is 10.1. The lowest BCUT2D eigenvalue weighted by atomic mass is 10.2. The molecule has 0 fully saturated rings. The van der Waals surface area contributed by atoms with E-state index in [0.717, 1.165) is 4.31 Å². The van der Waals surface area contributed by atoms with E-state index < -0.39 is 6.03 Å². The number of rotatable bonds is 3. The van der Waals surface area contributed by atoms with Gasteiger partial charge in [-0.05, 0) is 42.5 Å². The first-order valence-electron chi connectivity index (χ1n) is 6.78. The molecule has 3 amide bonds. The van der Waals surface area contributed by atoms with Gasteiger partial charge in [0.15, 0.2) is 0 Å². The summed E-state index contributed by atoms with van der Waals surface area (Å²) in [6, 6.07) is 12.6. The highest BCUT2D eigenvalue weighted by Crippen LogP contribution is 2.23. The summed E-state index contributed by atoms with van der Waals surface area (Å²) in [5.74, 6) is -0.180. The van der Waals surface area contributed by atoms with E-state index in [1.807, 2.05) is 6.07 Å². The van der Waals surface area contributed by atoms with Crippen molar-refractivity contribution < 1.29 is 9.59 Å². The van der Waals surface area contributed by atoms with Crippen molar-refractivity contribution >= 4 is 53.4 Å². The summed E-state index contributed by atoms with van der Waals surface area (Å²) in [5, 5.41) is 14.3. The van der Waals surface area contributed by atoms with Gasteiger partial charge in [0.05, 0.1) is 16.3 Å². The molecule has 0 saturated carbocycles. The SMILES string of the molecule is CC(=O)Nc1ccc(N(S)C(=O)Nc2ccc(C#N)c(Cl)c2)cc1. The standard InChI is InChI=1S/C16H13ClN4O2S/c1-10(22)19-12-4-6-14(7-5-12)21(24)16(23)20-13-3-2-11(9-18)15(17)8-13/h2-8,24H,1H3,(H,19,22)(H,20,23). The predicted molar refractivity (Wildman–Crippen MR) is 97.4 cm³/mol. The average molecular weight is 361 g/mol. The number of halogens is 1. The molecule has 0 unspecified atom stereocenters. The van der Waals surface area contributed by atoms with Crippen LogP contribution in [0.4, 0.5) is 21.9 Å². The maximum absolute atomic E-state index is 12.2. The molecule has 0 aromatic heterocycles. The van der Waals surface area contributed by atoms with Crippen LogP contribution < -0.4 is 14.9 Å². The topological polar surface area (TPSA) is 85.2 Å². The molecule has 2 rings (SSSR count). The van der Waals surface area contributed by atoms with Crippen LogP contribution in [0.1, 0.15) is 12.5 Å². The fraction of sp³-hybridized carbons (Fsp3) is 0.0625. The van der Waals surface area contributed by atoms with Crippen LogP contribution in [0.25, 0.3) is 0 Å². The Hall–Kier alpha value is -2.69. The quantitative estimate of drug-likeness (QED) is 0.722. The number of anilines is 3. The zero-order valence-corrected chi connectivity index (χ0v) is 14.2. The molecular weight excluding hydrogens is 348 g/mol. The number of hydrogen-bond acceptors (Lipinski definition) is 4. The molecule has 24 heavy (non-hydrogen) atoms. The van der Waals surface area contributed by atoms with Gasteiger partial charge < -0.3 is 10.6 Å². The summed E-state index contributed by atoms with van der Waals surface area (Å²) in [5.41, 5.74) is 1.90. The van der Waals surface area contributed by atoms with Crippen molar-refractivity contribution in [3.05, 3.63) is 53.1 Å². The van der Waals surface area contributed by atoms with Gasteiger partial charge in [0, 0.05) is 18.3 Å². The maximum Gasteiger partial charge on any atom is 0.336 e. The van der Waals surface area contributed by atoms with Gasteiger partial charge in [0.25, 0.3) is 0 Å². The smallest absolute Gasteiger partial charge is 0.326 e. The predicted octanol–water partition coefficient (Wildman–Crippen LogP) is 4.05. The molecule has 122 valence electrons. The first kappa shape index (κ1) is 17.7. The largest absolute Gasteiger partial charge is 0.336 e. The second-order valence-electron chi connectivity index (χ2n) is 4.78. The Kier molecular flexibility index (Phi) is 5.68. The van der Waals surface area contributed by atoms with Crippen molar-refractivity contribution in [1.29, 1.82) is 5.26 Å². The number of benzene rings is 2. The van der Waals surface area contributed by atoms with Gasteiger partial charge >= 0.3 is 6.03 Å². The minimum Gasteiger partial charge on any atom is -0.326 e. The van der Waals surface area contributed by atoms with E-state index in [4.69, 9.17) is 16.9 Å². The fourth-order valence-electron chi connectivity index (χ4n) is 1.87. The molecule has 0 atom stereocenters. The summed E-state index contributed by atoms with van der Waals surface area (Å²) in [6.45, 7) is 1.41. The van der Waals surface area contributed by atoms with Crippen molar-refractivity contribution in [2.75, 3.05) is 14.9 Å². The Balaban J connectivity index is 2.08. The van der Waals surface area contributed by atoms with E-state index in [0.29, 0.717) is 22.6 Å². The van der Waals surface area contributed by atoms with Crippen molar-refractivity contribution in [3.8, 4) is 6.07 Å². The van der Waals surface area contributed by atoms with Crippen LogP contribution in [-0.2, 0) is 4.79 Å².